The number of nitrogens with one attached hydrogen (secondary N) is 1. The van der Waals surface area contributed by atoms with Crippen molar-refractivity contribution in [1.82, 2.24) is 4.98 Å². The number of hydrogen-bond acceptors (Lipinski definition) is 5. The number of aryl methyl sites for hydroxylation is 1. The first kappa shape index (κ1) is 17.8. The van der Waals surface area contributed by atoms with Crippen molar-refractivity contribution >= 4 is 46.3 Å². The first-order valence-corrected chi connectivity index (χ1v) is 9.69. The predicted molar refractivity (Wildman–Crippen MR) is 105 cm³/mol. The van der Waals surface area contributed by atoms with Crippen LogP contribution in [0.25, 0.3) is 11.3 Å². The second kappa shape index (κ2) is 7.91. The Labute approximate surface area is 158 Å². The lowest BCUT2D eigenvalue weighted by Gasteiger charge is -2.06. The number of nitrogens with zero attached hydrogens (tertiary/aromatic N) is 1. The van der Waals surface area contributed by atoms with Crippen LogP contribution in [0.3, 0.4) is 0 Å². The summed E-state index contributed by atoms with van der Waals surface area (Å²) in [4.78, 5) is 16.6. The number of aromatic hydroxyl groups is 1. The van der Waals surface area contributed by atoms with Crippen molar-refractivity contribution < 1.29 is 9.90 Å². The molecule has 0 saturated heterocycles. The van der Waals surface area contributed by atoms with E-state index in [1.165, 1.54) is 40.8 Å². The molecular weight excluding hydrogens is 376 g/mol. The molecular formula is C18H15ClN2O2S2. The minimum absolute atomic E-state index is 0.0151. The van der Waals surface area contributed by atoms with Crippen molar-refractivity contribution in [3.05, 3.63) is 58.4 Å². The lowest BCUT2D eigenvalue weighted by molar-refractivity contribution is -0.113. The van der Waals surface area contributed by atoms with Crippen LogP contribution in [-0.4, -0.2) is 21.8 Å². The van der Waals surface area contributed by atoms with Gasteiger partial charge in [-0.05, 0) is 25.1 Å². The normalized spacial score (nSPS) is 10.6. The maximum atomic E-state index is 12.1. The molecule has 2 aromatic carbocycles. The van der Waals surface area contributed by atoms with Gasteiger partial charge in [0.1, 0.15) is 5.75 Å². The molecule has 0 bridgehead atoms. The molecule has 128 valence electrons. The van der Waals surface area contributed by atoms with Gasteiger partial charge in [0.2, 0.25) is 5.91 Å². The Morgan fingerprint density at radius 3 is 2.80 bits per heavy atom. The van der Waals surface area contributed by atoms with Crippen molar-refractivity contribution in [1.29, 1.82) is 0 Å². The van der Waals surface area contributed by atoms with E-state index in [2.05, 4.69) is 10.3 Å². The average Bonchev–Trinajstić information content (AvgIpc) is 3.06. The molecule has 0 saturated carbocycles. The second-order valence-electron chi connectivity index (χ2n) is 5.36. The number of aromatic nitrogens is 1. The number of anilines is 1. The molecule has 1 amide bonds. The van der Waals surface area contributed by atoms with Gasteiger partial charge in [-0.25, -0.2) is 4.98 Å². The summed E-state index contributed by atoms with van der Waals surface area (Å²) in [5.74, 6) is -0.0411. The van der Waals surface area contributed by atoms with Gasteiger partial charge < -0.3 is 10.4 Å². The molecule has 4 nitrogen and oxygen atoms in total. The fourth-order valence-corrected chi connectivity index (χ4v) is 3.91. The van der Waals surface area contributed by atoms with Gasteiger partial charge in [0.25, 0.3) is 0 Å². The van der Waals surface area contributed by atoms with E-state index in [1.54, 1.807) is 6.07 Å². The van der Waals surface area contributed by atoms with Gasteiger partial charge in [-0.2, -0.15) is 0 Å². The standard InChI is InChI=1S/C18H15ClN2O2S2/c1-11-2-4-12(5-3-11)15-9-24-18(21-15)25-10-17(23)20-14-8-13(19)6-7-16(14)22/h2-9,22H,10H2,1H3,(H,20,23). The zero-order chi connectivity index (χ0) is 17.8. The predicted octanol–water partition coefficient (Wildman–Crippen LogP) is 5.21. The molecule has 3 rings (SSSR count). The molecule has 2 N–H and O–H groups in total. The minimum Gasteiger partial charge on any atom is -0.506 e. The fraction of sp³-hybridized carbons (Fsp3) is 0.111. The molecule has 25 heavy (non-hydrogen) atoms. The summed E-state index contributed by atoms with van der Waals surface area (Å²) in [6.45, 7) is 2.04. The third kappa shape index (κ3) is 4.75. The van der Waals surface area contributed by atoms with Crippen molar-refractivity contribution in [3.63, 3.8) is 0 Å². The highest BCUT2D eigenvalue weighted by Gasteiger charge is 2.10. The van der Waals surface area contributed by atoms with Crippen LogP contribution in [0.15, 0.2) is 52.2 Å². The van der Waals surface area contributed by atoms with E-state index in [-0.39, 0.29) is 17.4 Å². The highest BCUT2D eigenvalue weighted by Crippen LogP contribution is 2.30. The molecule has 3 aromatic rings. The molecule has 7 heteroatoms. The van der Waals surface area contributed by atoms with Gasteiger partial charge in [0.15, 0.2) is 4.34 Å². The summed E-state index contributed by atoms with van der Waals surface area (Å²) in [7, 11) is 0. The average molecular weight is 391 g/mol. The number of phenols is 1. The largest absolute Gasteiger partial charge is 0.506 e. The zero-order valence-corrected chi connectivity index (χ0v) is 15.7. The van der Waals surface area contributed by atoms with Crippen LogP contribution >= 0.6 is 34.7 Å². The maximum absolute atomic E-state index is 12.1. The molecule has 0 aliphatic carbocycles. The lowest BCUT2D eigenvalue weighted by Crippen LogP contribution is -2.14. The van der Waals surface area contributed by atoms with Gasteiger partial charge in [-0.15, -0.1) is 11.3 Å². The van der Waals surface area contributed by atoms with E-state index in [9.17, 15) is 9.90 Å². The SMILES string of the molecule is Cc1ccc(-c2csc(SCC(=O)Nc3cc(Cl)ccc3O)n2)cc1. The Balaban J connectivity index is 1.59. The van der Waals surface area contributed by atoms with Crippen LogP contribution < -0.4 is 5.32 Å². The summed E-state index contributed by atoms with van der Waals surface area (Å²) in [6.07, 6.45) is 0. The Morgan fingerprint density at radius 1 is 1.28 bits per heavy atom. The first-order valence-electron chi connectivity index (χ1n) is 7.45. The molecule has 0 fully saturated rings. The zero-order valence-electron chi connectivity index (χ0n) is 13.3. The van der Waals surface area contributed by atoms with E-state index in [0.717, 1.165) is 15.6 Å². The summed E-state index contributed by atoms with van der Waals surface area (Å²) < 4.78 is 0.820. The van der Waals surface area contributed by atoms with Gasteiger partial charge in [-0.1, -0.05) is 53.2 Å². The number of benzene rings is 2. The van der Waals surface area contributed by atoms with Crippen LogP contribution in [-0.2, 0) is 4.79 Å². The molecule has 0 radical (unpaired) electrons. The highest BCUT2D eigenvalue weighted by molar-refractivity contribution is 8.01. The van der Waals surface area contributed by atoms with Crippen LogP contribution in [0, 0.1) is 6.92 Å². The maximum Gasteiger partial charge on any atom is 0.234 e. The summed E-state index contributed by atoms with van der Waals surface area (Å²) in [6, 6.07) is 12.7. The molecule has 1 heterocycles. The van der Waals surface area contributed by atoms with Crippen LogP contribution in [0.4, 0.5) is 5.69 Å². The monoisotopic (exact) mass is 390 g/mol. The molecule has 0 aliphatic rings. The number of amides is 1. The number of hydrogen-bond donors (Lipinski definition) is 2. The second-order valence-corrected chi connectivity index (χ2v) is 7.88. The van der Waals surface area contributed by atoms with E-state index in [0.29, 0.717) is 10.7 Å². The van der Waals surface area contributed by atoms with Gasteiger partial charge in [0.05, 0.1) is 17.1 Å². The number of carbonyl (C=O) groups excluding carboxylic acids is 1. The van der Waals surface area contributed by atoms with E-state index in [1.807, 2.05) is 36.6 Å². The first-order chi connectivity index (χ1) is 12.0. The number of halogens is 1. The lowest BCUT2D eigenvalue weighted by atomic mass is 10.1. The topological polar surface area (TPSA) is 62.2 Å². The summed E-state index contributed by atoms with van der Waals surface area (Å²) in [5, 5.41) is 14.8. The van der Waals surface area contributed by atoms with Crippen LogP contribution in [0.1, 0.15) is 5.56 Å². The molecule has 0 atom stereocenters. The van der Waals surface area contributed by atoms with Crippen molar-refractivity contribution in [2.24, 2.45) is 0 Å². The van der Waals surface area contributed by atoms with E-state index >= 15 is 0 Å². The number of phenolic OH excluding ortho intramolecular Hbond substituents is 1. The van der Waals surface area contributed by atoms with E-state index < -0.39 is 0 Å². The number of carbonyl (C=O) groups is 1. The highest BCUT2D eigenvalue weighted by atomic mass is 35.5. The van der Waals surface area contributed by atoms with Gasteiger partial charge in [-0.3, -0.25) is 4.79 Å². The Hall–Kier alpha value is -2.02. The summed E-state index contributed by atoms with van der Waals surface area (Å²) in [5.41, 5.74) is 3.47. The van der Waals surface area contributed by atoms with Crippen LogP contribution in [0.5, 0.6) is 5.75 Å². The molecule has 0 aliphatic heterocycles. The summed E-state index contributed by atoms with van der Waals surface area (Å²) >= 11 is 8.73. The van der Waals surface area contributed by atoms with Crippen molar-refractivity contribution in [2.45, 2.75) is 11.3 Å². The van der Waals surface area contributed by atoms with Crippen molar-refractivity contribution in [2.75, 3.05) is 11.1 Å². The fourth-order valence-electron chi connectivity index (χ4n) is 2.10. The molecule has 1 aromatic heterocycles. The third-order valence-corrected chi connectivity index (χ3v) is 5.65. The Kier molecular flexibility index (Phi) is 5.63. The molecule has 0 spiro atoms. The molecule has 0 unspecified atom stereocenters. The minimum atomic E-state index is -0.227. The van der Waals surface area contributed by atoms with Crippen LogP contribution in [0.2, 0.25) is 5.02 Å². The smallest absolute Gasteiger partial charge is 0.234 e. The Morgan fingerprint density at radius 2 is 2.04 bits per heavy atom. The van der Waals surface area contributed by atoms with E-state index in [4.69, 9.17) is 11.6 Å². The number of rotatable bonds is 5. The Bertz CT molecular complexity index is 894. The third-order valence-electron chi connectivity index (χ3n) is 3.39. The number of thioether (sulfide) groups is 1. The quantitative estimate of drug-likeness (QED) is 0.463. The van der Waals surface area contributed by atoms with Crippen molar-refractivity contribution in [3.8, 4) is 17.0 Å². The number of thiazole rings is 1. The van der Waals surface area contributed by atoms with Gasteiger partial charge >= 0.3 is 0 Å². The van der Waals surface area contributed by atoms with Gasteiger partial charge in [0, 0.05) is 16.0 Å².